The van der Waals surface area contributed by atoms with Gasteiger partial charge in [0.05, 0.1) is 29.6 Å². The standard InChI is InChI=1S/C27H26BrClN2O3/c1-33-21-13-10-19(11-14-21)26-30-24-9-5-4-8-22(24)27(32)31(26)16-6-2-3-7-17-34-25-15-12-20(28)18-23(25)29/h4-5,8-15,18H,2-3,6-7,16-17H2,1H3. The number of unbranched alkanes of at least 4 members (excludes halogenated alkanes) is 3. The molecule has 0 radical (unpaired) electrons. The molecule has 3 aromatic carbocycles. The quantitative estimate of drug-likeness (QED) is 0.200. The number of benzene rings is 3. The first-order chi connectivity index (χ1) is 16.6. The third-order valence-electron chi connectivity index (χ3n) is 5.64. The number of hydrogen-bond acceptors (Lipinski definition) is 4. The molecule has 176 valence electrons. The van der Waals surface area contributed by atoms with Gasteiger partial charge < -0.3 is 9.47 Å². The maximum absolute atomic E-state index is 13.3. The molecule has 0 aliphatic heterocycles. The van der Waals surface area contributed by atoms with E-state index in [-0.39, 0.29) is 5.56 Å². The molecule has 0 saturated heterocycles. The van der Waals surface area contributed by atoms with Crippen LogP contribution < -0.4 is 15.0 Å². The summed E-state index contributed by atoms with van der Waals surface area (Å²) < 4.78 is 13.8. The highest BCUT2D eigenvalue weighted by atomic mass is 79.9. The van der Waals surface area contributed by atoms with Crippen LogP contribution in [0.2, 0.25) is 5.02 Å². The van der Waals surface area contributed by atoms with Crippen LogP contribution >= 0.6 is 27.5 Å². The number of halogens is 2. The predicted molar refractivity (Wildman–Crippen MR) is 141 cm³/mol. The van der Waals surface area contributed by atoms with Crippen molar-refractivity contribution in [3.63, 3.8) is 0 Å². The van der Waals surface area contributed by atoms with Crippen molar-refractivity contribution < 1.29 is 9.47 Å². The number of nitrogens with zero attached hydrogens (tertiary/aromatic N) is 2. The monoisotopic (exact) mass is 540 g/mol. The Morgan fingerprint density at radius 2 is 1.74 bits per heavy atom. The lowest BCUT2D eigenvalue weighted by Crippen LogP contribution is -2.23. The number of aromatic nitrogens is 2. The summed E-state index contributed by atoms with van der Waals surface area (Å²) in [6.07, 6.45) is 3.78. The Balaban J connectivity index is 1.40. The van der Waals surface area contributed by atoms with E-state index in [0.717, 1.165) is 41.5 Å². The highest BCUT2D eigenvalue weighted by Crippen LogP contribution is 2.28. The molecule has 0 aliphatic carbocycles. The van der Waals surface area contributed by atoms with E-state index < -0.39 is 0 Å². The zero-order valence-electron chi connectivity index (χ0n) is 19.0. The Labute approximate surface area is 212 Å². The van der Waals surface area contributed by atoms with Gasteiger partial charge in [-0.1, -0.05) is 52.5 Å². The molecule has 34 heavy (non-hydrogen) atoms. The Hall–Kier alpha value is -2.83. The van der Waals surface area contributed by atoms with Gasteiger partial charge in [-0.25, -0.2) is 4.98 Å². The van der Waals surface area contributed by atoms with Crippen molar-refractivity contribution in [3.8, 4) is 22.9 Å². The van der Waals surface area contributed by atoms with Gasteiger partial charge in [0.15, 0.2) is 0 Å². The summed E-state index contributed by atoms with van der Waals surface area (Å²) in [5.41, 5.74) is 1.59. The van der Waals surface area contributed by atoms with Gasteiger partial charge in [-0.2, -0.15) is 0 Å². The molecule has 0 saturated carbocycles. The first kappa shape index (κ1) is 24.3. The first-order valence-electron chi connectivity index (χ1n) is 11.3. The largest absolute Gasteiger partial charge is 0.497 e. The lowest BCUT2D eigenvalue weighted by Gasteiger charge is -2.14. The third-order valence-corrected chi connectivity index (χ3v) is 6.43. The molecule has 4 aromatic rings. The predicted octanol–water partition coefficient (Wildman–Crippen LogP) is 7.13. The van der Waals surface area contributed by atoms with E-state index in [1.54, 1.807) is 11.7 Å². The zero-order chi connectivity index (χ0) is 23.9. The van der Waals surface area contributed by atoms with Gasteiger partial charge in [-0.05, 0) is 67.4 Å². The van der Waals surface area contributed by atoms with Crippen LogP contribution in [0, 0.1) is 0 Å². The summed E-state index contributed by atoms with van der Waals surface area (Å²) in [5.74, 6) is 2.15. The van der Waals surface area contributed by atoms with Crippen molar-refractivity contribution in [2.75, 3.05) is 13.7 Å². The molecule has 0 amide bonds. The summed E-state index contributed by atoms with van der Waals surface area (Å²) in [6, 6.07) is 20.8. The number of fused-ring (bicyclic) bond motifs is 1. The lowest BCUT2D eigenvalue weighted by molar-refractivity contribution is 0.304. The molecule has 0 bridgehead atoms. The van der Waals surface area contributed by atoms with E-state index in [9.17, 15) is 4.79 Å². The number of methoxy groups -OCH3 is 1. The highest BCUT2D eigenvalue weighted by molar-refractivity contribution is 9.10. The molecule has 4 rings (SSSR count). The van der Waals surface area contributed by atoms with E-state index in [2.05, 4.69) is 15.9 Å². The lowest BCUT2D eigenvalue weighted by atomic mass is 10.1. The van der Waals surface area contributed by atoms with Gasteiger partial charge in [0.25, 0.3) is 5.56 Å². The minimum atomic E-state index is -0.00960. The minimum Gasteiger partial charge on any atom is -0.497 e. The second-order valence-corrected chi connectivity index (χ2v) is 9.30. The van der Waals surface area contributed by atoms with Crippen molar-refractivity contribution in [1.82, 2.24) is 9.55 Å². The molecule has 1 aromatic heterocycles. The molecule has 5 nitrogen and oxygen atoms in total. The molecule has 0 aliphatic rings. The topological polar surface area (TPSA) is 53.3 Å². The van der Waals surface area contributed by atoms with Gasteiger partial charge in [0.2, 0.25) is 0 Å². The maximum Gasteiger partial charge on any atom is 0.261 e. The molecule has 0 atom stereocenters. The Bertz CT molecular complexity index is 1320. The fraction of sp³-hybridized carbons (Fsp3) is 0.259. The number of para-hydroxylation sites is 1. The van der Waals surface area contributed by atoms with Crippen molar-refractivity contribution in [2.24, 2.45) is 0 Å². The average Bonchev–Trinajstić information content (AvgIpc) is 2.85. The van der Waals surface area contributed by atoms with Crippen molar-refractivity contribution >= 4 is 38.4 Å². The van der Waals surface area contributed by atoms with Crippen LogP contribution in [0.3, 0.4) is 0 Å². The minimum absolute atomic E-state index is 0.00960. The van der Waals surface area contributed by atoms with Gasteiger partial charge in [0, 0.05) is 16.6 Å². The van der Waals surface area contributed by atoms with Crippen LogP contribution in [0.1, 0.15) is 25.7 Å². The molecular weight excluding hydrogens is 516 g/mol. The van der Waals surface area contributed by atoms with Crippen molar-refractivity contribution in [3.05, 3.63) is 86.6 Å². The Kier molecular flexibility index (Phi) is 8.25. The SMILES string of the molecule is COc1ccc(-c2nc3ccccc3c(=O)n2CCCCCCOc2ccc(Br)cc2Cl)cc1. The van der Waals surface area contributed by atoms with E-state index in [0.29, 0.717) is 40.7 Å². The number of ether oxygens (including phenoxy) is 2. The van der Waals surface area contributed by atoms with Crippen LogP contribution in [-0.4, -0.2) is 23.3 Å². The van der Waals surface area contributed by atoms with Crippen LogP contribution in [0.15, 0.2) is 76.0 Å². The van der Waals surface area contributed by atoms with Gasteiger partial charge in [0.1, 0.15) is 17.3 Å². The number of rotatable bonds is 10. The molecule has 1 heterocycles. The molecule has 0 N–H and O–H groups in total. The molecule has 7 heteroatoms. The van der Waals surface area contributed by atoms with E-state index >= 15 is 0 Å². The Morgan fingerprint density at radius 3 is 2.50 bits per heavy atom. The van der Waals surface area contributed by atoms with Crippen LogP contribution in [0.4, 0.5) is 0 Å². The fourth-order valence-corrected chi connectivity index (χ4v) is 4.56. The smallest absolute Gasteiger partial charge is 0.261 e. The van der Waals surface area contributed by atoms with Crippen LogP contribution in [0.5, 0.6) is 11.5 Å². The van der Waals surface area contributed by atoms with Crippen LogP contribution in [-0.2, 0) is 6.54 Å². The van der Waals surface area contributed by atoms with Gasteiger partial charge in [-0.3, -0.25) is 9.36 Å². The van der Waals surface area contributed by atoms with Crippen molar-refractivity contribution in [1.29, 1.82) is 0 Å². The van der Waals surface area contributed by atoms with Crippen LogP contribution in [0.25, 0.3) is 22.3 Å². The van der Waals surface area contributed by atoms with E-state index in [1.807, 2.05) is 66.7 Å². The maximum atomic E-state index is 13.3. The fourth-order valence-electron chi connectivity index (χ4n) is 3.84. The second-order valence-electron chi connectivity index (χ2n) is 7.98. The number of hydrogen-bond donors (Lipinski definition) is 0. The second kappa shape index (κ2) is 11.5. The summed E-state index contributed by atoms with van der Waals surface area (Å²) in [4.78, 5) is 18.1. The average molecular weight is 542 g/mol. The van der Waals surface area contributed by atoms with E-state index in [1.165, 1.54) is 0 Å². The summed E-state index contributed by atoms with van der Waals surface area (Å²) >= 11 is 9.59. The zero-order valence-corrected chi connectivity index (χ0v) is 21.3. The molecule has 0 fully saturated rings. The summed E-state index contributed by atoms with van der Waals surface area (Å²) in [7, 11) is 1.64. The van der Waals surface area contributed by atoms with E-state index in [4.69, 9.17) is 26.1 Å². The summed E-state index contributed by atoms with van der Waals surface area (Å²) in [6.45, 7) is 1.22. The first-order valence-corrected chi connectivity index (χ1v) is 12.5. The van der Waals surface area contributed by atoms with Crippen molar-refractivity contribution in [2.45, 2.75) is 32.2 Å². The normalized spacial score (nSPS) is 11.0. The molecular formula is C27H26BrClN2O3. The third kappa shape index (κ3) is 5.80. The highest BCUT2D eigenvalue weighted by Gasteiger charge is 2.13. The van der Waals surface area contributed by atoms with Gasteiger partial charge in [-0.15, -0.1) is 0 Å². The molecule has 0 spiro atoms. The molecule has 0 unspecified atom stereocenters. The van der Waals surface area contributed by atoms with Gasteiger partial charge >= 0.3 is 0 Å². The summed E-state index contributed by atoms with van der Waals surface area (Å²) in [5, 5.41) is 1.24. The Morgan fingerprint density at radius 1 is 0.971 bits per heavy atom.